The van der Waals surface area contributed by atoms with Crippen LogP contribution in [0.15, 0.2) is 24.4 Å². The monoisotopic (exact) mass is 272 g/mol. The van der Waals surface area contributed by atoms with Gasteiger partial charge in [0.1, 0.15) is 5.01 Å². The van der Waals surface area contributed by atoms with Crippen molar-refractivity contribution in [1.82, 2.24) is 10.3 Å². The van der Waals surface area contributed by atoms with Crippen molar-refractivity contribution >= 4 is 34.5 Å². The van der Waals surface area contributed by atoms with Gasteiger partial charge in [-0.3, -0.25) is 0 Å². The molecule has 5 heteroatoms. The number of hydrogen-bond acceptors (Lipinski definition) is 3. The molecule has 16 heavy (non-hydrogen) atoms. The van der Waals surface area contributed by atoms with Crippen molar-refractivity contribution in [3.8, 4) is 10.6 Å². The molecule has 0 spiro atoms. The van der Waals surface area contributed by atoms with Crippen LogP contribution < -0.4 is 5.32 Å². The van der Waals surface area contributed by atoms with Crippen molar-refractivity contribution in [1.29, 1.82) is 0 Å². The minimum Gasteiger partial charge on any atom is -0.315 e. The van der Waals surface area contributed by atoms with Crippen LogP contribution in [0.2, 0.25) is 10.0 Å². The lowest BCUT2D eigenvalue weighted by molar-refractivity contribution is 0.829. The van der Waals surface area contributed by atoms with Crippen LogP contribution in [-0.4, -0.2) is 12.0 Å². The topological polar surface area (TPSA) is 24.9 Å². The maximum atomic E-state index is 6.11. The molecular weight excluding hydrogens is 263 g/mol. The molecule has 1 heterocycles. The summed E-state index contributed by atoms with van der Waals surface area (Å²) in [6.07, 6.45) is 1.85. The summed E-state index contributed by atoms with van der Waals surface area (Å²) in [4.78, 5) is 5.52. The molecule has 84 valence electrons. The zero-order valence-electron chi connectivity index (χ0n) is 8.63. The number of hydrogen-bond donors (Lipinski definition) is 1. The lowest BCUT2D eigenvalue weighted by Gasteiger charge is -2.00. The number of rotatable bonds is 3. The SMILES string of the molecule is CNCc1cnc(-c2cc(Cl)ccc2Cl)s1. The number of nitrogens with zero attached hydrogens (tertiary/aromatic N) is 1. The summed E-state index contributed by atoms with van der Waals surface area (Å²) in [5.74, 6) is 0. The molecule has 2 rings (SSSR count). The zero-order valence-corrected chi connectivity index (χ0v) is 11.0. The summed E-state index contributed by atoms with van der Waals surface area (Å²) in [6, 6.07) is 5.40. The Morgan fingerprint density at radius 3 is 2.94 bits per heavy atom. The maximum absolute atomic E-state index is 6.11. The third-order valence-corrected chi connectivity index (χ3v) is 3.66. The molecule has 0 bridgehead atoms. The highest BCUT2D eigenvalue weighted by atomic mass is 35.5. The standard InChI is InChI=1S/C11H10Cl2N2S/c1-14-5-8-6-15-11(16-8)9-4-7(12)2-3-10(9)13/h2-4,6,14H,5H2,1H3. The molecule has 2 aromatic rings. The van der Waals surface area contributed by atoms with Crippen LogP contribution in [0, 0.1) is 0 Å². The number of nitrogens with one attached hydrogen (secondary N) is 1. The van der Waals surface area contributed by atoms with E-state index in [-0.39, 0.29) is 0 Å². The van der Waals surface area contributed by atoms with E-state index in [1.807, 2.05) is 19.3 Å². The van der Waals surface area contributed by atoms with E-state index in [1.54, 1.807) is 23.5 Å². The number of halogens is 2. The average molecular weight is 273 g/mol. The number of aromatic nitrogens is 1. The Morgan fingerprint density at radius 1 is 1.38 bits per heavy atom. The first kappa shape index (κ1) is 11.9. The van der Waals surface area contributed by atoms with Crippen LogP contribution >= 0.6 is 34.5 Å². The van der Waals surface area contributed by atoms with E-state index in [4.69, 9.17) is 23.2 Å². The lowest BCUT2D eigenvalue weighted by atomic mass is 10.2. The second kappa shape index (κ2) is 5.15. The molecule has 1 aromatic carbocycles. The second-order valence-corrected chi connectivity index (χ2v) is 5.25. The zero-order chi connectivity index (χ0) is 11.5. The van der Waals surface area contributed by atoms with E-state index in [0.29, 0.717) is 10.0 Å². The normalized spacial score (nSPS) is 10.7. The Labute approximate surface area is 108 Å². The van der Waals surface area contributed by atoms with Gasteiger partial charge in [0, 0.05) is 28.2 Å². The van der Waals surface area contributed by atoms with Gasteiger partial charge < -0.3 is 5.32 Å². The van der Waals surface area contributed by atoms with Crippen LogP contribution in [0.5, 0.6) is 0 Å². The van der Waals surface area contributed by atoms with Crippen LogP contribution in [-0.2, 0) is 6.54 Å². The number of benzene rings is 1. The number of thiazole rings is 1. The van der Waals surface area contributed by atoms with Crippen molar-refractivity contribution < 1.29 is 0 Å². The molecule has 0 saturated heterocycles. The lowest BCUT2D eigenvalue weighted by Crippen LogP contribution is -2.02. The molecule has 0 aliphatic heterocycles. The first-order valence-corrected chi connectivity index (χ1v) is 6.32. The van der Waals surface area contributed by atoms with E-state index in [1.165, 1.54) is 4.88 Å². The Morgan fingerprint density at radius 2 is 2.19 bits per heavy atom. The molecular formula is C11H10Cl2N2S. The van der Waals surface area contributed by atoms with Crippen LogP contribution in [0.3, 0.4) is 0 Å². The van der Waals surface area contributed by atoms with Gasteiger partial charge in [-0.05, 0) is 25.2 Å². The first-order valence-electron chi connectivity index (χ1n) is 4.75. The van der Waals surface area contributed by atoms with Gasteiger partial charge in [0.05, 0.1) is 5.02 Å². The predicted molar refractivity (Wildman–Crippen MR) is 70.3 cm³/mol. The molecule has 1 aromatic heterocycles. The molecule has 0 aliphatic carbocycles. The minimum atomic E-state index is 0.671. The van der Waals surface area contributed by atoms with E-state index < -0.39 is 0 Å². The van der Waals surface area contributed by atoms with Gasteiger partial charge in [0.25, 0.3) is 0 Å². The minimum absolute atomic E-state index is 0.671. The second-order valence-electron chi connectivity index (χ2n) is 3.29. The quantitative estimate of drug-likeness (QED) is 0.919. The Hall–Kier alpha value is -0.610. The summed E-state index contributed by atoms with van der Waals surface area (Å²) >= 11 is 13.7. The van der Waals surface area contributed by atoms with Gasteiger partial charge in [0.15, 0.2) is 0 Å². The van der Waals surface area contributed by atoms with E-state index in [2.05, 4.69) is 10.3 Å². The molecule has 0 amide bonds. The first-order chi connectivity index (χ1) is 7.70. The Balaban J connectivity index is 2.38. The van der Waals surface area contributed by atoms with E-state index >= 15 is 0 Å². The van der Waals surface area contributed by atoms with Gasteiger partial charge in [0.2, 0.25) is 0 Å². The van der Waals surface area contributed by atoms with Crippen LogP contribution in [0.1, 0.15) is 4.88 Å². The fourth-order valence-corrected chi connectivity index (χ4v) is 2.74. The fraction of sp³-hybridized carbons (Fsp3) is 0.182. The molecule has 0 fully saturated rings. The highest BCUT2D eigenvalue weighted by molar-refractivity contribution is 7.15. The third-order valence-electron chi connectivity index (χ3n) is 2.06. The Kier molecular flexibility index (Phi) is 3.82. The molecule has 1 N–H and O–H groups in total. The van der Waals surface area contributed by atoms with Gasteiger partial charge in [-0.25, -0.2) is 4.98 Å². The smallest absolute Gasteiger partial charge is 0.125 e. The summed E-state index contributed by atoms with van der Waals surface area (Å²) in [6.45, 7) is 0.815. The van der Waals surface area contributed by atoms with E-state index in [9.17, 15) is 0 Å². The Bertz CT molecular complexity index is 496. The van der Waals surface area contributed by atoms with Crippen LogP contribution in [0.25, 0.3) is 10.6 Å². The molecule has 0 aliphatic rings. The molecule has 2 nitrogen and oxygen atoms in total. The maximum Gasteiger partial charge on any atom is 0.125 e. The largest absolute Gasteiger partial charge is 0.315 e. The van der Waals surface area contributed by atoms with Gasteiger partial charge >= 0.3 is 0 Å². The highest BCUT2D eigenvalue weighted by Gasteiger charge is 2.08. The van der Waals surface area contributed by atoms with Crippen molar-refractivity contribution in [2.24, 2.45) is 0 Å². The summed E-state index contributed by atoms with van der Waals surface area (Å²) < 4.78 is 0. The van der Waals surface area contributed by atoms with E-state index in [0.717, 1.165) is 17.1 Å². The van der Waals surface area contributed by atoms with Gasteiger partial charge in [-0.2, -0.15) is 0 Å². The average Bonchev–Trinajstić information content (AvgIpc) is 2.71. The molecule has 0 saturated carbocycles. The predicted octanol–water partition coefficient (Wildman–Crippen LogP) is 3.84. The summed E-state index contributed by atoms with van der Waals surface area (Å²) in [5, 5.41) is 5.33. The molecule has 0 atom stereocenters. The third kappa shape index (κ3) is 2.55. The van der Waals surface area contributed by atoms with Crippen molar-refractivity contribution in [3.05, 3.63) is 39.3 Å². The molecule has 0 unspecified atom stereocenters. The van der Waals surface area contributed by atoms with Crippen molar-refractivity contribution in [2.75, 3.05) is 7.05 Å². The summed E-state index contributed by atoms with van der Waals surface area (Å²) in [5.41, 5.74) is 0.890. The van der Waals surface area contributed by atoms with Crippen LogP contribution in [0.4, 0.5) is 0 Å². The van der Waals surface area contributed by atoms with Crippen molar-refractivity contribution in [3.63, 3.8) is 0 Å². The molecule has 0 radical (unpaired) electrons. The van der Waals surface area contributed by atoms with Gasteiger partial charge in [-0.1, -0.05) is 23.2 Å². The fourth-order valence-electron chi connectivity index (χ4n) is 1.35. The highest BCUT2D eigenvalue weighted by Crippen LogP contribution is 2.33. The summed E-state index contributed by atoms with van der Waals surface area (Å²) in [7, 11) is 1.91. The van der Waals surface area contributed by atoms with Gasteiger partial charge in [-0.15, -0.1) is 11.3 Å². The van der Waals surface area contributed by atoms with Crippen molar-refractivity contribution in [2.45, 2.75) is 6.54 Å².